The first-order chi connectivity index (χ1) is 14.0. The van der Waals surface area contributed by atoms with Crippen LogP contribution in [0.3, 0.4) is 0 Å². The van der Waals surface area contributed by atoms with Crippen LogP contribution in [0.1, 0.15) is 33.7 Å². The summed E-state index contributed by atoms with van der Waals surface area (Å²) in [5.41, 5.74) is 1.75. The van der Waals surface area contributed by atoms with Gasteiger partial charge < -0.3 is 14.7 Å². The number of likely N-dealkylation sites (tertiary alicyclic amines) is 1. The van der Waals surface area contributed by atoms with Crippen LogP contribution >= 0.6 is 0 Å². The van der Waals surface area contributed by atoms with E-state index in [0.29, 0.717) is 37.2 Å². The molecule has 3 aromatic rings. The van der Waals surface area contributed by atoms with Gasteiger partial charge in [-0.3, -0.25) is 9.59 Å². The molecule has 0 unspecified atom stereocenters. The molecule has 1 amide bonds. The van der Waals surface area contributed by atoms with Crippen LogP contribution in [0.2, 0.25) is 0 Å². The predicted molar refractivity (Wildman–Crippen MR) is 109 cm³/mol. The highest BCUT2D eigenvalue weighted by Crippen LogP contribution is 2.25. The van der Waals surface area contributed by atoms with Crippen LogP contribution in [0.25, 0.3) is 10.9 Å². The van der Waals surface area contributed by atoms with Crippen molar-refractivity contribution >= 4 is 22.6 Å². The molecule has 1 aromatic heterocycles. The summed E-state index contributed by atoms with van der Waals surface area (Å²) in [6, 6.07) is 15.5. The Kier molecular flexibility index (Phi) is 5.16. The summed E-state index contributed by atoms with van der Waals surface area (Å²) in [4.78, 5) is 31.8. The number of amides is 1. The maximum absolute atomic E-state index is 12.9. The van der Waals surface area contributed by atoms with Gasteiger partial charge in [0, 0.05) is 30.0 Å². The molecular formula is C23H22N2O4. The molecule has 29 heavy (non-hydrogen) atoms. The second-order valence-corrected chi connectivity index (χ2v) is 7.23. The van der Waals surface area contributed by atoms with Crippen LogP contribution < -0.4 is 4.74 Å². The van der Waals surface area contributed by atoms with Crippen molar-refractivity contribution in [1.29, 1.82) is 0 Å². The highest BCUT2D eigenvalue weighted by Gasteiger charge is 2.29. The van der Waals surface area contributed by atoms with E-state index in [-0.39, 0.29) is 23.4 Å². The summed E-state index contributed by atoms with van der Waals surface area (Å²) in [7, 11) is 1.61. The fraction of sp³-hybridized carbons (Fsp3) is 0.261. The second-order valence-electron chi connectivity index (χ2n) is 7.23. The highest BCUT2D eigenvalue weighted by molar-refractivity contribution is 5.98. The number of methoxy groups -OCH3 is 1. The van der Waals surface area contributed by atoms with Gasteiger partial charge >= 0.3 is 0 Å². The van der Waals surface area contributed by atoms with Crippen molar-refractivity contribution in [2.24, 2.45) is 5.92 Å². The number of hydrogen-bond acceptors (Lipinski definition) is 5. The van der Waals surface area contributed by atoms with Crippen molar-refractivity contribution in [3.8, 4) is 11.5 Å². The smallest absolute Gasteiger partial charge is 0.272 e. The molecule has 1 aliphatic heterocycles. The Morgan fingerprint density at radius 1 is 1.03 bits per heavy atom. The quantitative estimate of drug-likeness (QED) is 0.688. The predicted octanol–water partition coefficient (Wildman–Crippen LogP) is 3.68. The van der Waals surface area contributed by atoms with Crippen molar-refractivity contribution < 1.29 is 19.4 Å². The van der Waals surface area contributed by atoms with Gasteiger partial charge in [-0.25, -0.2) is 4.98 Å². The van der Waals surface area contributed by atoms with Crippen LogP contribution in [0.4, 0.5) is 0 Å². The zero-order valence-electron chi connectivity index (χ0n) is 16.2. The molecule has 0 spiro atoms. The van der Waals surface area contributed by atoms with E-state index in [1.54, 1.807) is 30.2 Å². The number of carbonyl (C=O) groups is 2. The van der Waals surface area contributed by atoms with Gasteiger partial charge in [-0.15, -0.1) is 0 Å². The first-order valence-electron chi connectivity index (χ1n) is 9.62. The summed E-state index contributed by atoms with van der Waals surface area (Å²) >= 11 is 0. The van der Waals surface area contributed by atoms with E-state index in [4.69, 9.17) is 4.74 Å². The summed E-state index contributed by atoms with van der Waals surface area (Å²) in [6.07, 6.45) is 1.24. The largest absolute Gasteiger partial charge is 0.508 e. The van der Waals surface area contributed by atoms with E-state index in [0.717, 1.165) is 16.7 Å². The first kappa shape index (κ1) is 18.9. The molecule has 4 rings (SSSR count). The summed E-state index contributed by atoms with van der Waals surface area (Å²) in [5, 5.41) is 10.3. The van der Waals surface area contributed by atoms with Gasteiger partial charge in [-0.2, -0.15) is 0 Å². The minimum atomic E-state index is -0.113. The molecule has 148 valence electrons. The van der Waals surface area contributed by atoms with Gasteiger partial charge in [0.05, 0.1) is 12.6 Å². The maximum atomic E-state index is 12.9. The molecule has 6 nitrogen and oxygen atoms in total. The average Bonchev–Trinajstić information content (AvgIpc) is 2.78. The normalized spacial score (nSPS) is 14.7. The summed E-state index contributed by atoms with van der Waals surface area (Å²) in [5.74, 6) is 0.732. The molecule has 0 bridgehead atoms. The number of aromatic nitrogens is 1. The van der Waals surface area contributed by atoms with Gasteiger partial charge in [0.1, 0.15) is 17.2 Å². The van der Waals surface area contributed by atoms with Gasteiger partial charge in [0.15, 0.2) is 5.78 Å². The number of phenols is 1. The molecule has 2 aromatic carbocycles. The monoisotopic (exact) mass is 390 g/mol. The summed E-state index contributed by atoms with van der Waals surface area (Å²) < 4.78 is 5.22. The van der Waals surface area contributed by atoms with Gasteiger partial charge in [-0.05, 0) is 61.4 Å². The van der Waals surface area contributed by atoms with Crippen molar-refractivity contribution in [2.45, 2.75) is 12.8 Å². The second kappa shape index (κ2) is 7.91. The van der Waals surface area contributed by atoms with Crippen molar-refractivity contribution in [1.82, 2.24) is 9.88 Å². The molecule has 0 aliphatic carbocycles. The lowest BCUT2D eigenvalue weighted by molar-refractivity contribution is 0.0646. The number of carbonyl (C=O) groups excluding carboxylic acids is 2. The van der Waals surface area contributed by atoms with Gasteiger partial charge in [0.25, 0.3) is 5.91 Å². The first-order valence-corrected chi connectivity index (χ1v) is 9.62. The average molecular weight is 390 g/mol. The van der Waals surface area contributed by atoms with Crippen LogP contribution in [0.5, 0.6) is 11.5 Å². The number of pyridine rings is 1. The van der Waals surface area contributed by atoms with E-state index in [1.165, 1.54) is 12.1 Å². The lowest BCUT2D eigenvalue weighted by atomic mass is 9.88. The van der Waals surface area contributed by atoms with Crippen molar-refractivity contribution in [3.63, 3.8) is 0 Å². The molecule has 6 heteroatoms. The molecule has 2 heterocycles. The Labute approximate surface area is 168 Å². The third-order valence-electron chi connectivity index (χ3n) is 5.42. The minimum Gasteiger partial charge on any atom is -0.508 e. The number of nitrogens with zero attached hydrogens (tertiary/aromatic N) is 2. The Morgan fingerprint density at radius 2 is 1.76 bits per heavy atom. The number of piperidine rings is 1. The minimum absolute atomic E-state index is 0.0647. The topological polar surface area (TPSA) is 79.7 Å². The maximum Gasteiger partial charge on any atom is 0.272 e. The lowest BCUT2D eigenvalue weighted by Gasteiger charge is -2.31. The SMILES string of the molecule is COc1ccc2nc(C(=O)N3CCC(C(=O)c4ccc(O)cc4)CC3)ccc2c1. The van der Waals surface area contributed by atoms with Crippen LogP contribution in [0.15, 0.2) is 54.6 Å². The third-order valence-corrected chi connectivity index (χ3v) is 5.42. The molecule has 1 aliphatic rings. The molecule has 1 N–H and O–H groups in total. The standard InChI is InChI=1S/C23H22N2O4/c1-29-19-7-9-20-17(14-19)4-8-21(24-20)23(28)25-12-10-16(11-13-25)22(27)15-2-5-18(26)6-3-15/h2-9,14,16,26H,10-13H2,1H3. The molecule has 0 atom stereocenters. The number of benzene rings is 2. The third kappa shape index (κ3) is 3.92. The van der Waals surface area contributed by atoms with E-state index in [1.807, 2.05) is 24.3 Å². The van der Waals surface area contributed by atoms with Gasteiger partial charge in [0.2, 0.25) is 0 Å². The van der Waals surface area contributed by atoms with Crippen LogP contribution in [-0.2, 0) is 0 Å². The molecule has 0 saturated carbocycles. The summed E-state index contributed by atoms with van der Waals surface area (Å²) in [6.45, 7) is 1.05. The zero-order chi connectivity index (χ0) is 20.4. The Bertz CT molecular complexity index is 1050. The van der Waals surface area contributed by atoms with E-state index >= 15 is 0 Å². The van der Waals surface area contributed by atoms with E-state index in [9.17, 15) is 14.7 Å². The molecule has 1 saturated heterocycles. The number of aromatic hydroxyl groups is 1. The Hall–Kier alpha value is -3.41. The molecule has 1 fully saturated rings. The zero-order valence-corrected chi connectivity index (χ0v) is 16.2. The van der Waals surface area contributed by atoms with Crippen molar-refractivity contribution in [3.05, 3.63) is 65.9 Å². The van der Waals surface area contributed by atoms with Crippen LogP contribution in [-0.4, -0.2) is 46.9 Å². The number of fused-ring (bicyclic) bond motifs is 1. The number of ether oxygens (including phenoxy) is 1. The van der Waals surface area contributed by atoms with E-state index in [2.05, 4.69) is 4.98 Å². The van der Waals surface area contributed by atoms with Crippen LogP contribution in [0, 0.1) is 5.92 Å². The number of Topliss-reactive ketones (excluding diaryl/α,β-unsaturated/α-hetero) is 1. The molecular weight excluding hydrogens is 368 g/mol. The fourth-order valence-electron chi connectivity index (χ4n) is 3.72. The highest BCUT2D eigenvalue weighted by atomic mass is 16.5. The molecule has 0 radical (unpaired) electrons. The number of rotatable bonds is 4. The number of phenolic OH excluding ortho intramolecular Hbond substituents is 1. The van der Waals surface area contributed by atoms with E-state index < -0.39 is 0 Å². The number of ketones is 1. The number of hydrogen-bond donors (Lipinski definition) is 1. The fourth-order valence-corrected chi connectivity index (χ4v) is 3.72. The van der Waals surface area contributed by atoms with Gasteiger partial charge in [-0.1, -0.05) is 6.07 Å². The Balaban J connectivity index is 1.43. The lowest BCUT2D eigenvalue weighted by Crippen LogP contribution is -2.40. The Morgan fingerprint density at radius 3 is 2.45 bits per heavy atom. The van der Waals surface area contributed by atoms with Crippen molar-refractivity contribution in [2.75, 3.05) is 20.2 Å².